The molecule has 0 aromatic heterocycles. The zero-order chi connectivity index (χ0) is 24.1. The monoisotopic (exact) mass is 473 g/mol. The van der Waals surface area contributed by atoms with Gasteiger partial charge in [-0.1, -0.05) is 0 Å². The highest BCUT2D eigenvalue weighted by Crippen LogP contribution is 2.25. The molecule has 3 aliphatic rings. The molecule has 0 bridgehead atoms. The van der Waals surface area contributed by atoms with Gasteiger partial charge in [-0.3, -0.25) is 4.90 Å². The Bertz CT molecular complexity index is 822. The summed E-state index contributed by atoms with van der Waals surface area (Å²) in [6.45, 7) is 13.0. The smallest absolute Gasteiger partial charge is 0.410 e. The van der Waals surface area contributed by atoms with Gasteiger partial charge in [-0.2, -0.15) is 0 Å². The Morgan fingerprint density at radius 2 is 1.68 bits per heavy atom. The lowest BCUT2D eigenvalue weighted by molar-refractivity contribution is -0.143. The van der Waals surface area contributed by atoms with Crippen molar-refractivity contribution in [1.82, 2.24) is 9.80 Å². The molecule has 3 saturated heterocycles. The molecule has 0 radical (unpaired) electrons. The Labute approximate surface area is 203 Å². The molecule has 1 unspecified atom stereocenters. The van der Waals surface area contributed by atoms with E-state index in [2.05, 4.69) is 21.9 Å². The molecule has 1 atom stereocenters. The number of nitrogens with zero attached hydrogens (tertiary/aromatic N) is 3. The fraction of sp³-hybridized carbons (Fsp3) is 0.692. The number of benzene rings is 1. The fourth-order valence-corrected chi connectivity index (χ4v) is 4.81. The van der Waals surface area contributed by atoms with Crippen molar-refractivity contribution in [2.75, 3.05) is 57.3 Å². The zero-order valence-corrected chi connectivity index (χ0v) is 20.8. The molecular formula is C26H39N3O5. The molecule has 0 aliphatic carbocycles. The summed E-state index contributed by atoms with van der Waals surface area (Å²) in [5.74, 6) is 1.12. The SMILES string of the molecule is CC(C)(C)OC(=O)N1CCC(CCN2CCN(c3ccc(OC4CCOC4=O)cc3)CC2)CC1. The second-order valence-electron chi connectivity index (χ2n) is 10.6. The average Bonchev–Trinajstić information content (AvgIpc) is 3.22. The molecule has 3 aliphatic heterocycles. The molecule has 1 amide bonds. The van der Waals surface area contributed by atoms with Crippen LogP contribution in [0.5, 0.6) is 5.75 Å². The molecule has 3 fully saturated rings. The van der Waals surface area contributed by atoms with E-state index in [0.717, 1.165) is 58.7 Å². The van der Waals surface area contributed by atoms with Crippen molar-refractivity contribution in [2.45, 2.75) is 58.2 Å². The Morgan fingerprint density at radius 1 is 1.00 bits per heavy atom. The van der Waals surface area contributed by atoms with Gasteiger partial charge in [-0.05, 0) is 76.8 Å². The van der Waals surface area contributed by atoms with Gasteiger partial charge in [-0.25, -0.2) is 9.59 Å². The molecule has 4 rings (SSSR count). The van der Waals surface area contributed by atoms with Gasteiger partial charge in [0.15, 0.2) is 6.10 Å². The van der Waals surface area contributed by atoms with Crippen LogP contribution in [0.2, 0.25) is 0 Å². The third-order valence-electron chi connectivity index (χ3n) is 6.86. The maximum Gasteiger partial charge on any atom is 0.410 e. The number of hydrogen-bond donors (Lipinski definition) is 0. The maximum absolute atomic E-state index is 12.2. The van der Waals surface area contributed by atoms with E-state index in [4.69, 9.17) is 14.2 Å². The van der Waals surface area contributed by atoms with Gasteiger partial charge in [0.05, 0.1) is 6.61 Å². The van der Waals surface area contributed by atoms with Gasteiger partial charge in [0, 0.05) is 51.4 Å². The first-order valence-electron chi connectivity index (χ1n) is 12.7. The van der Waals surface area contributed by atoms with Crippen LogP contribution in [-0.2, 0) is 14.3 Å². The number of carbonyl (C=O) groups excluding carboxylic acids is 2. The number of piperidine rings is 1. The third-order valence-corrected chi connectivity index (χ3v) is 6.86. The Morgan fingerprint density at radius 3 is 2.26 bits per heavy atom. The van der Waals surface area contributed by atoms with E-state index < -0.39 is 11.7 Å². The Balaban J connectivity index is 1.14. The van der Waals surface area contributed by atoms with Gasteiger partial charge in [0.1, 0.15) is 11.4 Å². The predicted octanol–water partition coefficient (Wildman–Crippen LogP) is 3.54. The lowest BCUT2D eigenvalue weighted by Crippen LogP contribution is -2.47. The van der Waals surface area contributed by atoms with E-state index in [-0.39, 0.29) is 12.1 Å². The minimum atomic E-state index is -0.473. The Kier molecular flexibility index (Phi) is 7.86. The van der Waals surface area contributed by atoms with Crippen LogP contribution in [0.4, 0.5) is 10.5 Å². The highest BCUT2D eigenvalue weighted by atomic mass is 16.6. The second-order valence-corrected chi connectivity index (χ2v) is 10.6. The van der Waals surface area contributed by atoms with Crippen LogP contribution in [-0.4, -0.2) is 86.0 Å². The average molecular weight is 474 g/mol. The number of hydrogen-bond acceptors (Lipinski definition) is 7. The van der Waals surface area contributed by atoms with Crippen LogP contribution in [0.1, 0.15) is 46.5 Å². The normalized spacial score (nSPS) is 22.6. The predicted molar refractivity (Wildman–Crippen MR) is 130 cm³/mol. The van der Waals surface area contributed by atoms with E-state index in [1.807, 2.05) is 37.8 Å². The number of ether oxygens (including phenoxy) is 3. The number of piperazine rings is 1. The van der Waals surface area contributed by atoms with Crippen LogP contribution < -0.4 is 9.64 Å². The highest BCUT2D eigenvalue weighted by molar-refractivity contribution is 5.76. The summed E-state index contributed by atoms with van der Waals surface area (Å²) in [6.07, 6.45) is 3.28. The molecule has 0 saturated carbocycles. The van der Waals surface area contributed by atoms with Crippen LogP contribution in [0.15, 0.2) is 24.3 Å². The first kappa shape index (κ1) is 24.6. The number of anilines is 1. The summed E-state index contributed by atoms with van der Waals surface area (Å²) in [4.78, 5) is 30.7. The summed E-state index contributed by atoms with van der Waals surface area (Å²) in [7, 11) is 0. The van der Waals surface area contributed by atoms with Gasteiger partial charge in [0.2, 0.25) is 0 Å². The number of cyclic esters (lactones) is 1. The van der Waals surface area contributed by atoms with Crippen LogP contribution in [0, 0.1) is 5.92 Å². The van der Waals surface area contributed by atoms with Gasteiger partial charge < -0.3 is 24.0 Å². The van der Waals surface area contributed by atoms with E-state index in [1.165, 1.54) is 12.1 Å². The first-order chi connectivity index (χ1) is 16.3. The topological polar surface area (TPSA) is 71.6 Å². The van der Waals surface area contributed by atoms with Crippen LogP contribution in [0.3, 0.4) is 0 Å². The van der Waals surface area contributed by atoms with Crippen molar-refractivity contribution >= 4 is 17.7 Å². The van der Waals surface area contributed by atoms with Crippen LogP contribution >= 0.6 is 0 Å². The quantitative estimate of drug-likeness (QED) is 0.585. The molecular weight excluding hydrogens is 434 g/mol. The number of carbonyl (C=O) groups is 2. The molecule has 3 heterocycles. The van der Waals surface area contributed by atoms with Crippen molar-refractivity contribution < 1.29 is 23.8 Å². The summed E-state index contributed by atoms with van der Waals surface area (Å²) in [5, 5.41) is 0. The van der Waals surface area contributed by atoms with Crippen LogP contribution in [0.25, 0.3) is 0 Å². The number of esters is 1. The number of rotatable bonds is 6. The minimum Gasteiger partial charge on any atom is -0.479 e. The van der Waals surface area contributed by atoms with Crippen molar-refractivity contribution in [3.8, 4) is 5.75 Å². The van der Waals surface area contributed by atoms with Gasteiger partial charge in [0.25, 0.3) is 0 Å². The van der Waals surface area contributed by atoms with Gasteiger partial charge >= 0.3 is 12.1 Å². The van der Waals surface area contributed by atoms with E-state index in [0.29, 0.717) is 24.7 Å². The van der Waals surface area contributed by atoms with Crippen molar-refractivity contribution in [3.63, 3.8) is 0 Å². The van der Waals surface area contributed by atoms with Crippen molar-refractivity contribution in [2.24, 2.45) is 5.92 Å². The third kappa shape index (κ3) is 6.78. The maximum atomic E-state index is 12.2. The largest absolute Gasteiger partial charge is 0.479 e. The molecule has 0 spiro atoms. The standard InChI is InChI=1S/C26H39N3O5/c1-26(2,3)34-25(31)29-13-9-20(10-14-29)8-12-27-15-17-28(18-16-27)21-4-6-22(7-5-21)33-23-11-19-32-24(23)30/h4-7,20,23H,8-19H2,1-3H3. The zero-order valence-electron chi connectivity index (χ0n) is 20.8. The summed E-state index contributed by atoms with van der Waals surface area (Å²) < 4.78 is 16.2. The van der Waals surface area contributed by atoms with E-state index >= 15 is 0 Å². The molecule has 8 heteroatoms. The lowest BCUT2D eigenvalue weighted by atomic mass is 9.93. The molecule has 1 aromatic carbocycles. The molecule has 8 nitrogen and oxygen atoms in total. The molecule has 1 aromatic rings. The summed E-state index contributed by atoms with van der Waals surface area (Å²) in [6, 6.07) is 8.03. The number of likely N-dealkylation sites (tertiary alicyclic amines) is 1. The fourth-order valence-electron chi connectivity index (χ4n) is 4.81. The second kappa shape index (κ2) is 10.8. The van der Waals surface area contributed by atoms with E-state index in [1.54, 1.807) is 0 Å². The first-order valence-corrected chi connectivity index (χ1v) is 12.7. The van der Waals surface area contributed by atoms with Gasteiger partial charge in [-0.15, -0.1) is 0 Å². The molecule has 34 heavy (non-hydrogen) atoms. The van der Waals surface area contributed by atoms with Crippen molar-refractivity contribution in [3.05, 3.63) is 24.3 Å². The molecule has 0 N–H and O–H groups in total. The van der Waals surface area contributed by atoms with E-state index in [9.17, 15) is 9.59 Å². The Hall–Kier alpha value is -2.48. The summed E-state index contributed by atoms with van der Waals surface area (Å²) in [5.41, 5.74) is 0.757. The summed E-state index contributed by atoms with van der Waals surface area (Å²) >= 11 is 0. The highest BCUT2D eigenvalue weighted by Gasteiger charge is 2.29. The number of amides is 1. The lowest BCUT2D eigenvalue weighted by Gasteiger charge is -2.38. The minimum absolute atomic E-state index is 0.178. The molecule has 188 valence electrons. The van der Waals surface area contributed by atoms with Crippen molar-refractivity contribution in [1.29, 1.82) is 0 Å².